The molecule has 0 aliphatic rings. The molecule has 0 atom stereocenters. The van der Waals surface area contributed by atoms with Crippen LogP contribution in [-0.4, -0.2) is 8.42 Å². The van der Waals surface area contributed by atoms with Crippen molar-refractivity contribution in [3.8, 4) is 6.07 Å². The summed E-state index contributed by atoms with van der Waals surface area (Å²) in [5, 5.41) is 8.35. The third-order valence-corrected chi connectivity index (χ3v) is 3.65. The summed E-state index contributed by atoms with van der Waals surface area (Å²) in [5.74, 6) is 0. The topological polar surface area (TPSA) is 57.9 Å². The second-order valence-corrected chi connectivity index (χ2v) is 5.64. The van der Waals surface area contributed by atoms with Crippen LogP contribution in [0.1, 0.15) is 5.56 Å². The molecule has 1 rings (SSSR count). The summed E-state index contributed by atoms with van der Waals surface area (Å²) in [6.07, 6.45) is 0. The van der Waals surface area contributed by atoms with E-state index in [1.54, 1.807) is 6.07 Å². The highest BCUT2D eigenvalue weighted by Crippen LogP contribution is 2.32. The number of hydrogen-bond donors (Lipinski definition) is 0. The van der Waals surface area contributed by atoms with Gasteiger partial charge in [0.15, 0.2) is 0 Å². The van der Waals surface area contributed by atoms with Gasteiger partial charge in [-0.05, 0) is 12.1 Å². The molecule has 0 saturated heterocycles. The summed E-state index contributed by atoms with van der Waals surface area (Å²) >= 11 is 11.2. The fraction of sp³-hybridized carbons (Fsp3) is 0. The van der Waals surface area contributed by atoms with Crippen molar-refractivity contribution in [2.75, 3.05) is 0 Å². The number of nitriles is 1. The zero-order valence-electron chi connectivity index (χ0n) is 6.46. The lowest BCUT2D eigenvalue weighted by molar-refractivity contribution is 0.609. The Bertz CT molecular complexity index is 518. The molecule has 1 aromatic carbocycles. The van der Waals surface area contributed by atoms with Gasteiger partial charge in [0, 0.05) is 10.7 Å². The molecule has 0 saturated carbocycles. The first-order chi connectivity index (χ1) is 6.36. The van der Waals surface area contributed by atoms with Gasteiger partial charge < -0.3 is 0 Å². The molecule has 1 aromatic rings. The number of halogens is 3. The maximum absolute atomic E-state index is 11.0. The van der Waals surface area contributed by atoms with Crippen LogP contribution in [0.25, 0.3) is 0 Å². The molecule has 0 aliphatic carbocycles. The molecule has 74 valence electrons. The lowest BCUT2D eigenvalue weighted by atomic mass is 10.2. The van der Waals surface area contributed by atoms with Crippen molar-refractivity contribution >= 4 is 42.9 Å². The summed E-state index contributed by atoms with van der Waals surface area (Å²) in [5.41, 5.74) is 0.0821. The Morgan fingerprint density at radius 2 is 1.86 bits per heavy atom. The third-order valence-electron chi connectivity index (χ3n) is 1.39. The molecular formula is C7H2Cl3NO2S. The Morgan fingerprint density at radius 1 is 1.29 bits per heavy atom. The molecule has 3 nitrogen and oxygen atoms in total. The Labute approximate surface area is 95.2 Å². The Kier molecular flexibility index (Phi) is 3.28. The van der Waals surface area contributed by atoms with Crippen LogP contribution in [0.4, 0.5) is 0 Å². The predicted molar refractivity (Wildman–Crippen MR) is 54.2 cm³/mol. The van der Waals surface area contributed by atoms with Crippen LogP contribution in [0.5, 0.6) is 0 Å². The van der Waals surface area contributed by atoms with E-state index in [1.165, 1.54) is 6.07 Å². The standard InChI is InChI=1S/C7H2Cl3NO2S/c8-5-1-4(3-11)2-6(7(5)9)14(10,12)13/h1-2H. The first-order valence-electron chi connectivity index (χ1n) is 3.20. The largest absolute Gasteiger partial charge is 0.262 e. The van der Waals surface area contributed by atoms with Crippen LogP contribution in [0.15, 0.2) is 17.0 Å². The second kappa shape index (κ2) is 3.95. The van der Waals surface area contributed by atoms with Gasteiger partial charge in [0.05, 0.1) is 21.7 Å². The van der Waals surface area contributed by atoms with Crippen molar-refractivity contribution < 1.29 is 8.42 Å². The van der Waals surface area contributed by atoms with Crippen LogP contribution >= 0.6 is 33.9 Å². The zero-order chi connectivity index (χ0) is 10.9. The monoisotopic (exact) mass is 269 g/mol. The van der Waals surface area contributed by atoms with Crippen LogP contribution in [0.3, 0.4) is 0 Å². The number of benzene rings is 1. The van der Waals surface area contributed by atoms with Crippen LogP contribution < -0.4 is 0 Å². The van der Waals surface area contributed by atoms with Gasteiger partial charge in [-0.25, -0.2) is 8.42 Å². The molecule has 0 fully saturated rings. The van der Waals surface area contributed by atoms with Crippen molar-refractivity contribution in [1.82, 2.24) is 0 Å². The van der Waals surface area contributed by atoms with Gasteiger partial charge in [0.25, 0.3) is 9.05 Å². The van der Waals surface area contributed by atoms with Gasteiger partial charge in [-0.1, -0.05) is 23.2 Å². The summed E-state index contributed by atoms with van der Waals surface area (Å²) in [6, 6.07) is 4.07. The Balaban J connectivity index is 3.61. The first-order valence-corrected chi connectivity index (χ1v) is 6.26. The maximum Gasteiger partial charge on any atom is 0.262 e. The van der Waals surface area contributed by atoms with E-state index in [0.717, 1.165) is 6.07 Å². The van der Waals surface area contributed by atoms with E-state index in [9.17, 15) is 8.42 Å². The van der Waals surface area contributed by atoms with E-state index >= 15 is 0 Å². The highest BCUT2D eigenvalue weighted by molar-refractivity contribution is 8.13. The SMILES string of the molecule is N#Cc1cc(Cl)c(Cl)c(S(=O)(=O)Cl)c1. The lowest BCUT2D eigenvalue weighted by Gasteiger charge is -2.02. The summed E-state index contributed by atoms with van der Waals surface area (Å²) < 4.78 is 22.0. The highest BCUT2D eigenvalue weighted by Gasteiger charge is 2.18. The average molecular weight is 271 g/mol. The number of rotatable bonds is 1. The highest BCUT2D eigenvalue weighted by atomic mass is 35.7. The van der Waals surface area contributed by atoms with Gasteiger partial charge in [0.2, 0.25) is 0 Å². The van der Waals surface area contributed by atoms with Gasteiger partial charge in [-0.3, -0.25) is 0 Å². The smallest absolute Gasteiger partial charge is 0.207 e. The van der Waals surface area contributed by atoms with E-state index in [2.05, 4.69) is 0 Å². The van der Waals surface area contributed by atoms with Crippen molar-refractivity contribution in [1.29, 1.82) is 5.26 Å². The van der Waals surface area contributed by atoms with E-state index < -0.39 is 9.05 Å². The van der Waals surface area contributed by atoms with E-state index in [-0.39, 0.29) is 20.5 Å². The second-order valence-electron chi connectivity index (χ2n) is 2.32. The van der Waals surface area contributed by atoms with Crippen LogP contribution in [0.2, 0.25) is 10.0 Å². The molecule has 0 unspecified atom stereocenters. The molecule has 0 radical (unpaired) electrons. The summed E-state index contributed by atoms with van der Waals surface area (Å²) in [4.78, 5) is -0.357. The van der Waals surface area contributed by atoms with Crippen molar-refractivity contribution in [2.24, 2.45) is 0 Å². The minimum absolute atomic E-state index is 0.0232. The van der Waals surface area contributed by atoms with Gasteiger partial charge in [0.1, 0.15) is 4.90 Å². The van der Waals surface area contributed by atoms with Gasteiger partial charge in [-0.15, -0.1) is 0 Å². The molecule has 14 heavy (non-hydrogen) atoms. The Hall–Kier alpha value is -0.470. The minimum Gasteiger partial charge on any atom is -0.207 e. The van der Waals surface area contributed by atoms with Crippen molar-refractivity contribution in [3.63, 3.8) is 0 Å². The quantitative estimate of drug-likeness (QED) is 0.737. The number of nitrogens with zero attached hydrogens (tertiary/aromatic N) is 1. The molecule has 0 spiro atoms. The molecule has 0 aliphatic heterocycles. The fourth-order valence-corrected chi connectivity index (χ4v) is 2.57. The third kappa shape index (κ3) is 2.31. The Morgan fingerprint density at radius 3 is 2.29 bits per heavy atom. The maximum atomic E-state index is 11.0. The van der Waals surface area contributed by atoms with Gasteiger partial charge >= 0.3 is 0 Å². The van der Waals surface area contributed by atoms with Gasteiger partial charge in [-0.2, -0.15) is 5.26 Å². The molecular weight excluding hydrogens is 269 g/mol. The number of hydrogen-bond acceptors (Lipinski definition) is 3. The fourth-order valence-electron chi connectivity index (χ4n) is 0.806. The van der Waals surface area contributed by atoms with E-state index in [4.69, 9.17) is 39.1 Å². The molecule has 0 amide bonds. The first kappa shape index (κ1) is 11.6. The average Bonchev–Trinajstić information content (AvgIpc) is 2.07. The van der Waals surface area contributed by atoms with Crippen molar-refractivity contribution in [2.45, 2.75) is 4.90 Å². The van der Waals surface area contributed by atoms with Crippen molar-refractivity contribution in [3.05, 3.63) is 27.7 Å². The van der Waals surface area contributed by atoms with E-state index in [0.29, 0.717) is 0 Å². The normalized spacial score (nSPS) is 11.0. The zero-order valence-corrected chi connectivity index (χ0v) is 9.54. The summed E-state index contributed by atoms with van der Waals surface area (Å²) in [6.45, 7) is 0. The summed E-state index contributed by atoms with van der Waals surface area (Å²) in [7, 11) is 1.10. The molecule has 0 N–H and O–H groups in total. The molecule has 0 heterocycles. The molecule has 0 aromatic heterocycles. The van der Waals surface area contributed by atoms with Crippen LogP contribution in [0, 0.1) is 11.3 Å². The lowest BCUT2D eigenvalue weighted by Crippen LogP contribution is -1.93. The molecule has 7 heteroatoms. The predicted octanol–water partition coefficient (Wildman–Crippen LogP) is 2.79. The minimum atomic E-state index is -3.98. The van der Waals surface area contributed by atoms with E-state index in [1.807, 2.05) is 0 Å². The van der Waals surface area contributed by atoms with Crippen LogP contribution in [-0.2, 0) is 9.05 Å². The molecule has 0 bridgehead atoms.